The number of amides is 1. The lowest BCUT2D eigenvalue weighted by Crippen LogP contribution is -2.31. The van der Waals surface area contributed by atoms with Crippen LogP contribution in [0, 0.1) is 6.92 Å². The van der Waals surface area contributed by atoms with E-state index < -0.39 is 24.3 Å². The number of hydrogen-bond acceptors (Lipinski definition) is 4. The molecule has 1 aromatic heterocycles. The molecule has 0 aliphatic rings. The number of nitrogens with zero attached hydrogens (tertiary/aromatic N) is 2. The van der Waals surface area contributed by atoms with Gasteiger partial charge in [-0.25, -0.2) is 0 Å². The van der Waals surface area contributed by atoms with Crippen molar-refractivity contribution < 1.29 is 27.4 Å². The lowest BCUT2D eigenvalue weighted by molar-refractivity contribution is -0.144. The number of carbonyl (C=O) groups excluding carboxylic acids is 1. The number of methoxy groups -OCH3 is 2. The largest absolute Gasteiger partial charge is 0.493 e. The van der Waals surface area contributed by atoms with Gasteiger partial charge in [0, 0.05) is 6.54 Å². The Morgan fingerprint density at radius 1 is 1.19 bits per heavy atom. The monoisotopic (exact) mass is 371 g/mol. The standard InChI is InChI=1S/C17H20F3N3O3/c1-11-8-15(17(18,19)20)23(22-11)10-16(24)21-7-6-12-4-5-13(25-2)14(9-12)26-3/h4-5,8-9H,6-7,10H2,1-3H3,(H,21,24). The minimum Gasteiger partial charge on any atom is -0.493 e. The van der Waals surface area contributed by atoms with E-state index in [9.17, 15) is 18.0 Å². The van der Waals surface area contributed by atoms with Crippen LogP contribution in [0.1, 0.15) is 17.0 Å². The van der Waals surface area contributed by atoms with E-state index in [1.165, 1.54) is 21.1 Å². The zero-order valence-electron chi connectivity index (χ0n) is 14.7. The van der Waals surface area contributed by atoms with E-state index in [4.69, 9.17) is 9.47 Å². The summed E-state index contributed by atoms with van der Waals surface area (Å²) in [7, 11) is 3.05. The summed E-state index contributed by atoms with van der Waals surface area (Å²) in [5, 5.41) is 6.32. The molecule has 9 heteroatoms. The number of aryl methyl sites for hydroxylation is 1. The van der Waals surface area contributed by atoms with E-state index in [2.05, 4.69) is 10.4 Å². The number of carbonyl (C=O) groups is 1. The Morgan fingerprint density at radius 3 is 2.50 bits per heavy atom. The molecular formula is C17H20F3N3O3. The molecule has 0 saturated carbocycles. The molecule has 26 heavy (non-hydrogen) atoms. The van der Waals surface area contributed by atoms with Gasteiger partial charge < -0.3 is 14.8 Å². The summed E-state index contributed by atoms with van der Waals surface area (Å²) < 4.78 is 49.7. The van der Waals surface area contributed by atoms with E-state index in [1.807, 2.05) is 6.07 Å². The van der Waals surface area contributed by atoms with Gasteiger partial charge in [0.1, 0.15) is 12.2 Å². The molecule has 0 aliphatic heterocycles. The molecule has 1 amide bonds. The molecule has 1 aromatic carbocycles. The smallest absolute Gasteiger partial charge is 0.433 e. The topological polar surface area (TPSA) is 65.4 Å². The zero-order chi connectivity index (χ0) is 19.3. The summed E-state index contributed by atoms with van der Waals surface area (Å²) in [4.78, 5) is 11.9. The Kier molecular flexibility index (Phi) is 6.12. The lowest BCUT2D eigenvalue weighted by Gasteiger charge is -2.11. The van der Waals surface area contributed by atoms with Gasteiger partial charge in [0.2, 0.25) is 5.91 Å². The maximum absolute atomic E-state index is 12.9. The molecular weight excluding hydrogens is 351 g/mol. The van der Waals surface area contributed by atoms with E-state index >= 15 is 0 Å². The first-order valence-corrected chi connectivity index (χ1v) is 7.84. The normalized spacial score (nSPS) is 11.3. The van der Waals surface area contributed by atoms with Crippen molar-refractivity contribution in [1.82, 2.24) is 15.1 Å². The van der Waals surface area contributed by atoms with Crippen LogP contribution in [0.25, 0.3) is 0 Å². The van der Waals surface area contributed by atoms with Gasteiger partial charge >= 0.3 is 6.18 Å². The van der Waals surface area contributed by atoms with Crippen molar-refractivity contribution in [1.29, 1.82) is 0 Å². The summed E-state index contributed by atoms with van der Waals surface area (Å²) in [5.41, 5.74) is 0.161. The Morgan fingerprint density at radius 2 is 1.88 bits per heavy atom. The minimum atomic E-state index is -4.55. The van der Waals surface area contributed by atoms with Gasteiger partial charge in [-0.15, -0.1) is 0 Å². The number of nitrogens with one attached hydrogen (secondary N) is 1. The van der Waals surface area contributed by atoms with Gasteiger partial charge in [-0.05, 0) is 37.1 Å². The average Bonchev–Trinajstić information content (AvgIpc) is 2.95. The maximum Gasteiger partial charge on any atom is 0.433 e. The molecule has 0 unspecified atom stereocenters. The Hall–Kier alpha value is -2.71. The number of halogens is 3. The molecule has 2 rings (SSSR count). The molecule has 1 heterocycles. The highest BCUT2D eigenvalue weighted by molar-refractivity contribution is 5.75. The second-order valence-corrected chi connectivity index (χ2v) is 5.62. The fourth-order valence-corrected chi connectivity index (χ4v) is 2.47. The third-order valence-corrected chi connectivity index (χ3v) is 3.67. The van der Waals surface area contributed by atoms with E-state index in [0.29, 0.717) is 22.6 Å². The van der Waals surface area contributed by atoms with Crippen molar-refractivity contribution in [2.24, 2.45) is 0 Å². The number of alkyl halides is 3. The number of ether oxygens (including phenoxy) is 2. The Labute approximate surface area is 148 Å². The van der Waals surface area contributed by atoms with Crippen molar-refractivity contribution in [2.75, 3.05) is 20.8 Å². The van der Waals surface area contributed by atoms with Crippen LogP contribution in [-0.2, 0) is 23.9 Å². The lowest BCUT2D eigenvalue weighted by atomic mass is 10.1. The van der Waals surface area contributed by atoms with E-state index in [0.717, 1.165) is 11.6 Å². The third-order valence-electron chi connectivity index (χ3n) is 3.67. The SMILES string of the molecule is COc1ccc(CCNC(=O)Cn2nc(C)cc2C(F)(F)F)cc1OC. The van der Waals surface area contributed by atoms with Crippen LogP contribution < -0.4 is 14.8 Å². The molecule has 0 bridgehead atoms. The quantitative estimate of drug-likeness (QED) is 0.813. The fourth-order valence-electron chi connectivity index (χ4n) is 2.47. The minimum absolute atomic E-state index is 0.204. The Bertz CT molecular complexity index is 772. The number of aromatic nitrogens is 2. The molecule has 0 fully saturated rings. The number of hydrogen-bond donors (Lipinski definition) is 1. The molecule has 142 valence electrons. The molecule has 0 radical (unpaired) electrons. The van der Waals surface area contributed by atoms with Crippen molar-refractivity contribution in [3.8, 4) is 11.5 Å². The molecule has 2 aromatic rings. The number of benzene rings is 1. The summed E-state index contributed by atoms with van der Waals surface area (Å²) in [6.45, 7) is 1.23. The molecule has 0 saturated heterocycles. The highest BCUT2D eigenvalue weighted by Gasteiger charge is 2.35. The van der Waals surface area contributed by atoms with Crippen molar-refractivity contribution in [3.63, 3.8) is 0 Å². The van der Waals surface area contributed by atoms with Crippen LogP contribution >= 0.6 is 0 Å². The molecule has 6 nitrogen and oxygen atoms in total. The van der Waals surface area contributed by atoms with Crippen LogP contribution in [-0.4, -0.2) is 36.5 Å². The predicted octanol–water partition coefficient (Wildman–Crippen LogP) is 2.59. The highest BCUT2D eigenvalue weighted by atomic mass is 19.4. The van der Waals surface area contributed by atoms with Crippen LogP contribution in [0.15, 0.2) is 24.3 Å². The van der Waals surface area contributed by atoms with Crippen molar-refractivity contribution >= 4 is 5.91 Å². The summed E-state index contributed by atoms with van der Waals surface area (Å²) in [6.07, 6.45) is -4.06. The second-order valence-electron chi connectivity index (χ2n) is 5.62. The van der Waals surface area contributed by atoms with Crippen LogP contribution in [0.5, 0.6) is 11.5 Å². The molecule has 0 spiro atoms. The second kappa shape index (κ2) is 8.11. The van der Waals surface area contributed by atoms with E-state index in [1.54, 1.807) is 12.1 Å². The van der Waals surface area contributed by atoms with Crippen LogP contribution in [0.3, 0.4) is 0 Å². The first kappa shape index (κ1) is 19.6. The zero-order valence-corrected chi connectivity index (χ0v) is 14.7. The highest BCUT2D eigenvalue weighted by Crippen LogP contribution is 2.29. The molecule has 0 aliphatic carbocycles. The number of rotatable bonds is 7. The van der Waals surface area contributed by atoms with Gasteiger partial charge in [-0.3, -0.25) is 9.48 Å². The maximum atomic E-state index is 12.9. The van der Waals surface area contributed by atoms with Gasteiger partial charge in [-0.1, -0.05) is 6.07 Å². The van der Waals surface area contributed by atoms with Gasteiger partial charge in [0.25, 0.3) is 0 Å². The third kappa shape index (κ3) is 4.90. The van der Waals surface area contributed by atoms with Crippen LogP contribution in [0.4, 0.5) is 13.2 Å². The molecule has 0 atom stereocenters. The Balaban J connectivity index is 1.92. The summed E-state index contributed by atoms with van der Waals surface area (Å²) in [5.74, 6) is 0.617. The summed E-state index contributed by atoms with van der Waals surface area (Å²) in [6, 6.07) is 6.27. The van der Waals surface area contributed by atoms with Gasteiger partial charge in [0.05, 0.1) is 19.9 Å². The first-order valence-electron chi connectivity index (χ1n) is 7.84. The average molecular weight is 371 g/mol. The van der Waals surface area contributed by atoms with Gasteiger partial charge in [-0.2, -0.15) is 18.3 Å². The van der Waals surface area contributed by atoms with Gasteiger partial charge in [0.15, 0.2) is 11.5 Å². The molecule has 1 N–H and O–H groups in total. The predicted molar refractivity (Wildman–Crippen MR) is 88.2 cm³/mol. The fraction of sp³-hybridized carbons (Fsp3) is 0.412. The summed E-state index contributed by atoms with van der Waals surface area (Å²) >= 11 is 0. The van der Waals surface area contributed by atoms with Crippen LogP contribution in [0.2, 0.25) is 0 Å². The first-order chi connectivity index (χ1) is 12.2. The van der Waals surface area contributed by atoms with E-state index in [-0.39, 0.29) is 12.2 Å². The van der Waals surface area contributed by atoms with Crippen molar-refractivity contribution in [2.45, 2.75) is 26.1 Å². The van der Waals surface area contributed by atoms with Crippen molar-refractivity contribution in [3.05, 3.63) is 41.2 Å².